The van der Waals surface area contributed by atoms with Gasteiger partial charge in [-0.05, 0) is 44.0 Å². The molecule has 0 fully saturated rings. The molecule has 0 aliphatic carbocycles. The van der Waals surface area contributed by atoms with Gasteiger partial charge in [-0.15, -0.1) is 0 Å². The van der Waals surface area contributed by atoms with Gasteiger partial charge in [-0.3, -0.25) is 4.79 Å². The summed E-state index contributed by atoms with van der Waals surface area (Å²) >= 11 is 0. The summed E-state index contributed by atoms with van der Waals surface area (Å²) in [6.07, 6.45) is 1.42. The van der Waals surface area contributed by atoms with Crippen LogP contribution in [0.1, 0.15) is 32.3 Å². The van der Waals surface area contributed by atoms with Crippen molar-refractivity contribution in [3.63, 3.8) is 0 Å². The Morgan fingerprint density at radius 3 is 2.69 bits per heavy atom. The van der Waals surface area contributed by atoms with Gasteiger partial charge < -0.3 is 10.1 Å². The van der Waals surface area contributed by atoms with Crippen molar-refractivity contribution in [1.82, 2.24) is 0 Å². The molecule has 88 valence electrons. The third-order valence-corrected chi connectivity index (χ3v) is 2.24. The minimum Gasteiger partial charge on any atom is -0.494 e. The Kier molecular flexibility index (Phi) is 4.83. The number of amides is 1. The molecule has 0 saturated carbocycles. The fraction of sp³-hybridized carbons (Fsp3) is 0.462. The number of benzene rings is 1. The summed E-state index contributed by atoms with van der Waals surface area (Å²) in [5, 5.41) is 2.86. The van der Waals surface area contributed by atoms with Gasteiger partial charge in [0.05, 0.1) is 6.61 Å². The largest absolute Gasteiger partial charge is 0.494 e. The average molecular weight is 221 g/mol. The molecule has 0 radical (unpaired) electrons. The van der Waals surface area contributed by atoms with Crippen LogP contribution >= 0.6 is 0 Å². The third-order valence-electron chi connectivity index (χ3n) is 2.24. The van der Waals surface area contributed by atoms with Crippen LogP contribution in [0.15, 0.2) is 18.2 Å². The number of anilines is 1. The van der Waals surface area contributed by atoms with E-state index in [1.165, 1.54) is 0 Å². The predicted octanol–water partition coefficient (Wildman–Crippen LogP) is 3.13. The molecule has 1 rings (SSSR count). The van der Waals surface area contributed by atoms with Crippen LogP contribution in [0.4, 0.5) is 5.69 Å². The highest BCUT2D eigenvalue weighted by Gasteiger charge is 2.03. The van der Waals surface area contributed by atoms with Crippen LogP contribution in [0.3, 0.4) is 0 Å². The number of hydrogen-bond donors (Lipinski definition) is 1. The van der Waals surface area contributed by atoms with Crippen LogP contribution in [-0.4, -0.2) is 12.5 Å². The summed E-state index contributed by atoms with van der Waals surface area (Å²) in [6, 6.07) is 5.69. The second kappa shape index (κ2) is 6.16. The molecule has 0 aliphatic rings. The summed E-state index contributed by atoms with van der Waals surface area (Å²) in [7, 11) is 0. The Hall–Kier alpha value is -1.51. The monoisotopic (exact) mass is 221 g/mol. The summed E-state index contributed by atoms with van der Waals surface area (Å²) in [5.74, 6) is 0.932. The first-order valence-corrected chi connectivity index (χ1v) is 5.70. The molecule has 0 heterocycles. The number of nitrogens with one attached hydrogen (secondary N) is 1. The molecule has 16 heavy (non-hydrogen) atoms. The van der Waals surface area contributed by atoms with E-state index in [4.69, 9.17) is 4.74 Å². The average Bonchev–Trinajstić information content (AvgIpc) is 2.22. The predicted molar refractivity (Wildman–Crippen MR) is 65.9 cm³/mol. The molecular formula is C13H19NO2. The van der Waals surface area contributed by atoms with E-state index in [1.54, 1.807) is 0 Å². The number of ether oxygens (including phenoxy) is 1. The first-order valence-electron chi connectivity index (χ1n) is 5.70. The second-order valence-corrected chi connectivity index (χ2v) is 3.71. The maximum atomic E-state index is 11.4. The minimum absolute atomic E-state index is 0.0612. The van der Waals surface area contributed by atoms with Crippen molar-refractivity contribution in [3.05, 3.63) is 23.8 Å². The van der Waals surface area contributed by atoms with Gasteiger partial charge in [-0.2, -0.15) is 0 Å². The van der Waals surface area contributed by atoms with E-state index in [9.17, 15) is 4.79 Å². The van der Waals surface area contributed by atoms with Gasteiger partial charge in [0.1, 0.15) is 5.75 Å². The van der Waals surface area contributed by atoms with Crippen LogP contribution in [-0.2, 0) is 4.79 Å². The van der Waals surface area contributed by atoms with Crippen molar-refractivity contribution in [3.8, 4) is 5.75 Å². The van der Waals surface area contributed by atoms with Crippen LogP contribution in [0.25, 0.3) is 0 Å². The molecule has 0 saturated heterocycles. The first-order chi connectivity index (χ1) is 7.67. The van der Waals surface area contributed by atoms with Gasteiger partial charge in [0.2, 0.25) is 5.91 Å². The van der Waals surface area contributed by atoms with E-state index < -0.39 is 0 Å². The van der Waals surface area contributed by atoms with E-state index in [2.05, 4.69) is 5.32 Å². The highest BCUT2D eigenvalue weighted by molar-refractivity contribution is 5.90. The maximum absolute atomic E-state index is 11.4. The number of rotatable bonds is 5. The maximum Gasteiger partial charge on any atom is 0.224 e. The van der Waals surface area contributed by atoms with Crippen molar-refractivity contribution in [2.45, 2.75) is 33.6 Å². The van der Waals surface area contributed by atoms with Crippen molar-refractivity contribution < 1.29 is 9.53 Å². The summed E-state index contributed by atoms with van der Waals surface area (Å²) < 4.78 is 5.43. The zero-order chi connectivity index (χ0) is 12.0. The third kappa shape index (κ3) is 3.57. The molecule has 0 unspecified atom stereocenters. The number of carbonyl (C=O) groups excluding carboxylic acids is 1. The van der Waals surface area contributed by atoms with Crippen molar-refractivity contribution in [1.29, 1.82) is 0 Å². The van der Waals surface area contributed by atoms with Gasteiger partial charge in [0, 0.05) is 12.1 Å². The Morgan fingerprint density at radius 2 is 2.12 bits per heavy atom. The molecule has 1 aromatic rings. The van der Waals surface area contributed by atoms with Gasteiger partial charge in [0.25, 0.3) is 0 Å². The van der Waals surface area contributed by atoms with Crippen LogP contribution < -0.4 is 10.1 Å². The topological polar surface area (TPSA) is 38.3 Å². The lowest BCUT2D eigenvalue weighted by atomic mass is 10.2. The minimum atomic E-state index is 0.0612. The lowest BCUT2D eigenvalue weighted by molar-refractivity contribution is -0.116. The molecule has 0 aromatic heterocycles. The molecule has 0 aliphatic heterocycles. The van der Waals surface area contributed by atoms with E-state index in [0.29, 0.717) is 13.0 Å². The zero-order valence-electron chi connectivity index (χ0n) is 10.2. The summed E-state index contributed by atoms with van der Waals surface area (Å²) in [5.41, 5.74) is 1.87. The quantitative estimate of drug-likeness (QED) is 0.829. The van der Waals surface area contributed by atoms with Crippen LogP contribution in [0.5, 0.6) is 5.75 Å². The molecule has 0 bridgehead atoms. The van der Waals surface area contributed by atoms with Gasteiger partial charge in [-0.25, -0.2) is 0 Å². The molecule has 0 atom stereocenters. The standard InChI is InChI=1S/C13H19NO2/c1-4-6-13(15)14-11-7-8-12(16-5-2)10(3)9-11/h7-9H,4-6H2,1-3H3,(H,14,15). The van der Waals surface area contributed by atoms with Gasteiger partial charge in [-0.1, -0.05) is 6.92 Å². The molecular weight excluding hydrogens is 202 g/mol. The fourth-order valence-corrected chi connectivity index (χ4v) is 1.50. The number of aryl methyl sites for hydroxylation is 1. The first kappa shape index (κ1) is 12.6. The Balaban J connectivity index is 2.69. The van der Waals surface area contributed by atoms with Crippen molar-refractivity contribution in [2.75, 3.05) is 11.9 Å². The lowest BCUT2D eigenvalue weighted by Crippen LogP contribution is -2.10. The second-order valence-electron chi connectivity index (χ2n) is 3.71. The summed E-state index contributed by atoms with van der Waals surface area (Å²) in [6.45, 7) is 6.57. The Labute approximate surface area is 96.8 Å². The molecule has 1 amide bonds. The molecule has 1 aromatic carbocycles. The van der Waals surface area contributed by atoms with Gasteiger partial charge in [0.15, 0.2) is 0 Å². The Morgan fingerprint density at radius 1 is 1.38 bits per heavy atom. The molecule has 3 nitrogen and oxygen atoms in total. The van der Waals surface area contributed by atoms with E-state index in [1.807, 2.05) is 39.0 Å². The number of carbonyl (C=O) groups is 1. The Bertz CT molecular complexity index is 361. The molecule has 0 spiro atoms. The van der Waals surface area contributed by atoms with E-state index in [0.717, 1.165) is 23.4 Å². The normalized spacial score (nSPS) is 9.94. The molecule has 3 heteroatoms. The number of hydrogen-bond acceptors (Lipinski definition) is 2. The van der Waals surface area contributed by atoms with Crippen LogP contribution in [0, 0.1) is 6.92 Å². The van der Waals surface area contributed by atoms with Crippen molar-refractivity contribution >= 4 is 11.6 Å². The van der Waals surface area contributed by atoms with E-state index in [-0.39, 0.29) is 5.91 Å². The highest BCUT2D eigenvalue weighted by Crippen LogP contribution is 2.21. The van der Waals surface area contributed by atoms with Gasteiger partial charge >= 0.3 is 0 Å². The van der Waals surface area contributed by atoms with E-state index >= 15 is 0 Å². The SMILES string of the molecule is CCCC(=O)Nc1ccc(OCC)c(C)c1. The smallest absolute Gasteiger partial charge is 0.224 e. The highest BCUT2D eigenvalue weighted by atomic mass is 16.5. The zero-order valence-corrected chi connectivity index (χ0v) is 10.2. The lowest BCUT2D eigenvalue weighted by Gasteiger charge is -2.09. The molecule has 1 N–H and O–H groups in total. The van der Waals surface area contributed by atoms with Crippen molar-refractivity contribution in [2.24, 2.45) is 0 Å². The summed E-state index contributed by atoms with van der Waals surface area (Å²) in [4.78, 5) is 11.4. The fourth-order valence-electron chi connectivity index (χ4n) is 1.50. The van der Waals surface area contributed by atoms with Crippen LogP contribution in [0.2, 0.25) is 0 Å².